The van der Waals surface area contributed by atoms with Gasteiger partial charge in [0.25, 0.3) is 0 Å². The predicted molar refractivity (Wildman–Crippen MR) is 98.3 cm³/mol. The van der Waals surface area contributed by atoms with Crippen LogP contribution in [0.25, 0.3) is 28.0 Å². The van der Waals surface area contributed by atoms with Crippen molar-refractivity contribution in [2.75, 3.05) is 5.73 Å². The zero-order valence-electron chi connectivity index (χ0n) is 14.7. The molecule has 0 radical (unpaired) electrons. The fraction of sp³-hybridized carbons (Fsp3) is 0.333. The average molecular weight is 348 g/mol. The van der Waals surface area contributed by atoms with Crippen LogP contribution in [0.5, 0.6) is 0 Å². The number of anilines is 1. The molecular weight excluding hydrogens is 328 g/mol. The lowest BCUT2D eigenvalue weighted by Crippen LogP contribution is -2.25. The van der Waals surface area contributed by atoms with E-state index in [-0.39, 0.29) is 0 Å². The summed E-state index contributed by atoms with van der Waals surface area (Å²) in [6, 6.07) is 2.38. The molecule has 4 aromatic rings. The molecule has 0 unspecified atom stereocenters. The highest BCUT2D eigenvalue weighted by molar-refractivity contribution is 5.83. The fourth-order valence-corrected chi connectivity index (χ4v) is 3.67. The Bertz CT molecular complexity index is 1100. The average Bonchev–Trinajstić information content (AvgIpc) is 3.30. The van der Waals surface area contributed by atoms with E-state index in [0.717, 1.165) is 46.8 Å². The van der Waals surface area contributed by atoms with Crippen LogP contribution < -0.4 is 5.73 Å². The van der Waals surface area contributed by atoms with Gasteiger partial charge in [0.05, 0.1) is 41.4 Å². The van der Waals surface area contributed by atoms with E-state index in [9.17, 15) is 0 Å². The summed E-state index contributed by atoms with van der Waals surface area (Å²) in [5, 5.41) is 13.2. The molecular formula is C18H20N8. The second kappa shape index (κ2) is 5.42. The van der Waals surface area contributed by atoms with Gasteiger partial charge in [-0.1, -0.05) is 6.92 Å². The Balaban J connectivity index is 1.65. The summed E-state index contributed by atoms with van der Waals surface area (Å²) in [5.74, 6) is 1.26. The van der Waals surface area contributed by atoms with Crippen LogP contribution in [-0.2, 0) is 7.05 Å². The first-order chi connectivity index (χ1) is 12.6. The maximum Gasteiger partial charge on any atom is 0.155 e. The molecule has 8 nitrogen and oxygen atoms in total. The molecule has 0 aliphatic heterocycles. The highest BCUT2D eigenvalue weighted by atomic mass is 15.3. The van der Waals surface area contributed by atoms with Gasteiger partial charge in [0.1, 0.15) is 5.69 Å². The number of rotatable bonds is 3. The van der Waals surface area contributed by atoms with E-state index in [2.05, 4.69) is 22.2 Å². The Hall–Kier alpha value is -3.16. The minimum atomic E-state index is 0.434. The molecule has 5 rings (SSSR count). The molecule has 0 aromatic carbocycles. The molecule has 4 aromatic heterocycles. The van der Waals surface area contributed by atoms with Crippen LogP contribution in [0.4, 0.5) is 5.82 Å². The molecule has 1 aliphatic carbocycles. The molecule has 0 bridgehead atoms. The van der Waals surface area contributed by atoms with Crippen LogP contribution in [0.2, 0.25) is 0 Å². The normalized spacial score (nSPS) is 19.8. The third-order valence-corrected chi connectivity index (χ3v) is 5.13. The Morgan fingerprint density at radius 1 is 1.15 bits per heavy atom. The van der Waals surface area contributed by atoms with Crippen molar-refractivity contribution in [1.29, 1.82) is 0 Å². The number of fused-ring (bicyclic) bond motifs is 1. The molecule has 1 aliphatic rings. The van der Waals surface area contributed by atoms with Gasteiger partial charge in [-0.15, -0.1) is 0 Å². The minimum Gasteiger partial charge on any atom is -0.382 e. The van der Waals surface area contributed by atoms with E-state index >= 15 is 0 Å². The quantitative estimate of drug-likeness (QED) is 0.614. The number of aromatic nitrogens is 7. The van der Waals surface area contributed by atoms with Gasteiger partial charge in [0.15, 0.2) is 5.82 Å². The SMILES string of the molecule is CC1CC(n2cc(-c3nc(-c4cnn(C)c4)cn4nccc34)c(N)n2)C1. The van der Waals surface area contributed by atoms with E-state index < -0.39 is 0 Å². The van der Waals surface area contributed by atoms with Crippen molar-refractivity contribution in [2.45, 2.75) is 25.8 Å². The molecule has 0 amide bonds. The predicted octanol–water partition coefficient (Wildman–Crippen LogP) is 2.55. The lowest BCUT2D eigenvalue weighted by molar-refractivity contribution is 0.201. The Morgan fingerprint density at radius 2 is 2.00 bits per heavy atom. The van der Waals surface area contributed by atoms with Gasteiger partial charge in [-0.3, -0.25) is 9.36 Å². The van der Waals surface area contributed by atoms with E-state index in [1.54, 1.807) is 17.1 Å². The summed E-state index contributed by atoms with van der Waals surface area (Å²) in [7, 11) is 1.89. The van der Waals surface area contributed by atoms with Crippen molar-refractivity contribution in [3.8, 4) is 22.5 Å². The maximum atomic E-state index is 6.26. The van der Waals surface area contributed by atoms with Crippen LogP contribution in [0.3, 0.4) is 0 Å². The highest BCUT2D eigenvalue weighted by Gasteiger charge is 2.28. The van der Waals surface area contributed by atoms with E-state index in [1.165, 1.54) is 0 Å². The summed E-state index contributed by atoms with van der Waals surface area (Å²) < 4.78 is 5.58. The number of hydrogen-bond donors (Lipinski definition) is 1. The number of nitrogens with two attached hydrogens (primary N) is 1. The van der Waals surface area contributed by atoms with Crippen LogP contribution in [0, 0.1) is 5.92 Å². The molecule has 2 N–H and O–H groups in total. The second-order valence-corrected chi connectivity index (χ2v) is 7.18. The van der Waals surface area contributed by atoms with E-state index in [1.807, 2.05) is 40.9 Å². The van der Waals surface area contributed by atoms with Crippen molar-refractivity contribution < 1.29 is 0 Å². The molecule has 0 atom stereocenters. The summed E-state index contributed by atoms with van der Waals surface area (Å²) in [6.45, 7) is 2.26. The van der Waals surface area contributed by atoms with Crippen LogP contribution in [-0.4, -0.2) is 34.2 Å². The second-order valence-electron chi connectivity index (χ2n) is 7.18. The molecule has 26 heavy (non-hydrogen) atoms. The Morgan fingerprint density at radius 3 is 2.73 bits per heavy atom. The van der Waals surface area contributed by atoms with Gasteiger partial charge in [0, 0.05) is 25.0 Å². The van der Waals surface area contributed by atoms with Crippen molar-refractivity contribution in [3.63, 3.8) is 0 Å². The van der Waals surface area contributed by atoms with Crippen molar-refractivity contribution in [3.05, 3.63) is 37.1 Å². The van der Waals surface area contributed by atoms with E-state index in [4.69, 9.17) is 10.7 Å². The first-order valence-electron chi connectivity index (χ1n) is 8.77. The largest absolute Gasteiger partial charge is 0.382 e. The number of nitrogen functional groups attached to an aromatic ring is 1. The number of nitrogens with zero attached hydrogens (tertiary/aromatic N) is 7. The first-order valence-corrected chi connectivity index (χ1v) is 8.77. The molecule has 0 saturated heterocycles. The van der Waals surface area contributed by atoms with Gasteiger partial charge in [-0.2, -0.15) is 15.3 Å². The van der Waals surface area contributed by atoms with Crippen LogP contribution >= 0.6 is 0 Å². The van der Waals surface area contributed by atoms with E-state index in [0.29, 0.717) is 11.9 Å². The first kappa shape index (κ1) is 15.1. The Labute approximate surface area is 150 Å². The smallest absolute Gasteiger partial charge is 0.155 e. The molecule has 0 spiro atoms. The molecule has 132 valence electrons. The lowest BCUT2D eigenvalue weighted by Gasteiger charge is -2.32. The zero-order chi connectivity index (χ0) is 17.8. The van der Waals surface area contributed by atoms with Crippen LogP contribution in [0.1, 0.15) is 25.8 Å². The summed E-state index contributed by atoms with van der Waals surface area (Å²) in [4.78, 5) is 4.87. The number of aryl methyl sites for hydroxylation is 1. The van der Waals surface area contributed by atoms with Crippen molar-refractivity contribution in [2.24, 2.45) is 13.0 Å². The van der Waals surface area contributed by atoms with Crippen molar-refractivity contribution in [1.82, 2.24) is 34.2 Å². The van der Waals surface area contributed by atoms with Gasteiger partial charge >= 0.3 is 0 Å². The maximum absolute atomic E-state index is 6.26. The summed E-state index contributed by atoms with van der Waals surface area (Å²) in [6.07, 6.45) is 11.7. The van der Waals surface area contributed by atoms with Gasteiger partial charge in [-0.05, 0) is 24.8 Å². The third kappa shape index (κ3) is 2.29. The third-order valence-electron chi connectivity index (χ3n) is 5.13. The summed E-state index contributed by atoms with van der Waals surface area (Å²) >= 11 is 0. The zero-order valence-corrected chi connectivity index (χ0v) is 14.7. The molecule has 1 saturated carbocycles. The topological polar surface area (TPSA) is 91.8 Å². The monoisotopic (exact) mass is 348 g/mol. The minimum absolute atomic E-state index is 0.434. The molecule has 8 heteroatoms. The lowest BCUT2D eigenvalue weighted by atomic mass is 9.82. The standard InChI is InChI=1S/C18H20N8/c1-11-5-13(6-11)25-9-14(18(19)23-25)17-16-3-4-20-26(16)10-15(22-17)12-7-21-24(2)8-12/h3-4,7-11,13H,5-6H2,1-2H3,(H2,19,23). The van der Waals surface area contributed by atoms with Crippen LogP contribution in [0.15, 0.2) is 37.1 Å². The van der Waals surface area contributed by atoms with Gasteiger partial charge in [-0.25, -0.2) is 9.50 Å². The molecule has 1 fully saturated rings. The molecule has 4 heterocycles. The fourth-order valence-electron chi connectivity index (χ4n) is 3.67. The number of hydrogen-bond acceptors (Lipinski definition) is 5. The summed E-state index contributed by atoms with van der Waals surface area (Å²) in [5.41, 5.74) is 10.5. The van der Waals surface area contributed by atoms with Gasteiger partial charge in [0.2, 0.25) is 0 Å². The van der Waals surface area contributed by atoms with Crippen molar-refractivity contribution >= 4 is 11.3 Å². The highest BCUT2D eigenvalue weighted by Crippen LogP contribution is 2.39. The Kier molecular flexibility index (Phi) is 3.15. The van der Waals surface area contributed by atoms with Gasteiger partial charge < -0.3 is 5.73 Å².